The van der Waals surface area contributed by atoms with Crippen molar-refractivity contribution < 1.29 is 9.90 Å². The molecular weight excluding hydrogens is 190 g/mol. The molecule has 1 heterocycles. The van der Waals surface area contributed by atoms with Gasteiger partial charge in [0.15, 0.2) is 6.29 Å². The molecule has 2 aromatic rings. The Hall–Kier alpha value is -1.90. The number of hydrogen-bond acceptors (Lipinski definition) is 3. The molecule has 0 radical (unpaired) electrons. The molecule has 3 heteroatoms. The number of aryl methyl sites for hydroxylation is 1. The van der Waals surface area contributed by atoms with E-state index in [2.05, 4.69) is 4.98 Å². The van der Waals surface area contributed by atoms with E-state index in [-0.39, 0.29) is 5.75 Å². The second-order valence-electron chi connectivity index (χ2n) is 3.53. The van der Waals surface area contributed by atoms with Gasteiger partial charge in [0.05, 0.1) is 11.1 Å². The number of nitrogens with zero attached hydrogens (tertiary/aromatic N) is 1. The zero-order chi connectivity index (χ0) is 11.0. The lowest BCUT2D eigenvalue weighted by molar-refractivity contribution is 0.112. The summed E-state index contributed by atoms with van der Waals surface area (Å²) in [4.78, 5) is 15.1. The summed E-state index contributed by atoms with van der Waals surface area (Å²) in [6.45, 7) is 3.67. The number of fused-ring (bicyclic) bond motifs is 1. The lowest BCUT2D eigenvalue weighted by Gasteiger charge is -2.10. The van der Waals surface area contributed by atoms with E-state index in [9.17, 15) is 9.90 Å². The average molecular weight is 201 g/mol. The van der Waals surface area contributed by atoms with Crippen molar-refractivity contribution in [2.45, 2.75) is 13.8 Å². The molecule has 0 aliphatic heterocycles. The monoisotopic (exact) mass is 201 g/mol. The van der Waals surface area contributed by atoms with Crippen molar-refractivity contribution in [2.24, 2.45) is 0 Å². The van der Waals surface area contributed by atoms with Crippen LogP contribution in [0, 0.1) is 13.8 Å². The van der Waals surface area contributed by atoms with E-state index in [4.69, 9.17) is 0 Å². The second-order valence-corrected chi connectivity index (χ2v) is 3.53. The lowest BCUT2D eigenvalue weighted by atomic mass is 9.99. The fourth-order valence-corrected chi connectivity index (χ4v) is 1.73. The normalized spacial score (nSPS) is 10.5. The number of pyridine rings is 1. The highest BCUT2D eigenvalue weighted by Crippen LogP contribution is 2.31. The standard InChI is InChI=1S/C12H11NO2/c1-7-8(2)12(15)10(6-14)9-4-3-5-13-11(7)9/h3-6,15H,1-2H3. The van der Waals surface area contributed by atoms with Crippen molar-refractivity contribution in [3.05, 3.63) is 35.0 Å². The zero-order valence-electron chi connectivity index (χ0n) is 8.61. The quantitative estimate of drug-likeness (QED) is 0.720. The van der Waals surface area contributed by atoms with E-state index >= 15 is 0 Å². The van der Waals surface area contributed by atoms with Crippen LogP contribution in [0.15, 0.2) is 18.3 Å². The smallest absolute Gasteiger partial charge is 0.154 e. The number of rotatable bonds is 1. The van der Waals surface area contributed by atoms with Crippen LogP contribution in [-0.2, 0) is 0 Å². The minimum absolute atomic E-state index is 0.0583. The summed E-state index contributed by atoms with van der Waals surface area (Å²) in [5.74, 6) is 0.0583. The fourth-order valence-electron chi connectivity index (χ4n) is 1.73. The minimum Gasteiger partial charge on any atom is -0.507 e. The van der Waals surface area contributed by atoms with Crippen molar-refractivity contribution in [2.75, 3.05) is 0 Å². The van der Waals surface area contributed by atoms with E-state index in [0.29, 0.717) is 22.8 Å². The number of phenolic OH excluding ortho intramolecular Hbond substituents is 1. The number of carbonyl (C=O) groups is 1. The van der Waals surface area contributed by atoms with Crippen molar-refractivity contribution in [3.63, 3.8) is 0 Å². The molecule has 15 heavy (non-hydrogen) atoms. The van der Waals surface area contributed by atoms with E-state index in [0.717, 1.165) is 11.1 Å². The lowest BCUT2D eigenvalue weighted by Crippen LogP contribution is -1.94. The first-order chi connectivity index (χ1) is 7.16. The Labute approximate surface area is 87.4 Å². The Morgan fingerprint density at radius 1 is 1.33 bits per heavy atom. The van der Waals surface area contributed by atoms with Crippen LogP contribution in [0.1, 0.15) is 21.5 Å². The molecule has 0 aliphatic rings. The molecule has 0 saturated heterocycles. The molecule has 0 bridgehead atoms. The Balaban J connectivity index is 3.04. The molecule has 1 aromatic carbocycles. The van der Waals surface area contributed by atoms with Crippen LogP contribution in [0.3, 0.4) is 0 Å². The van der Waals surface area contributed by atoms with Gasteiger partial charge in [-0.15, -0.1) is 0 Å². The third-order valence-corrected chi connectivity index (χ3v) is 2.74. The zero-order valence-corrected chi connectivity index (χ0v) is 8.61. The van der Waals surface area contributed by atoms with Crippen LogP contribution in [0.25, 0.3) is 10.9 Å². The summed E-state index contributed by atoms with van der Waals surface area (Å²) in [5.41, 5.74) is 2.72. The topological polar surface area (TPSA) is 50.2 Å². The van der Waals surface area contributed by atoms with Gasteiger partial charge in [0.25, 0.3) is 0 Å². The predicted octanol–water partition coefficient (Wildman–Crippen LogP) is 2.37. The molecular formula is C12H11NO2. The van der Waals surface area contributed by atoms with Gasteiger partial charge in [-0.2, -0.15) is 0 Å². The van der Waals surface area contributed by atoms with E-state index in [1.54, 1.807) is 25.3 Å². The maximum absolute atomic E-state index is 10.9. The highest BCUT2D eigenvalue weighted by molar-refractivity contribution is 6.01. The Morgan fingerprint density at radius 3 is 2.73 bits per heavy atom. The van der Waals surface area contributed by atoms with Gasteiger partial charge in [0, 0.05) is 11.6 Å². The van der Waals surface area contributed by atoms with Crippen LogP contribution in [0.5, 0.6) is 5.75 Å². The molecule has 1 N–H and O–H groups in total. The predicted molar refractivity (Wildman–Crippen MR) is 58.3 cm³/mol. The molecule has 0 atom stereocenters. The molecule has 76 valence electrons. The van der Waals surface area contributed by atoms with Gasteiger partial charge >= 0.3 is 0 Å². The Kier molecular flexibility index (Phi) is 2.15. The molecule has 0 unspecified atom stereocenters. The first-order valence-corrected chi connectivity index (χ1v) is 4.69. The van der Waals surface area contributed by atoms with E-state index < -0.39 is 0 Å². The van der Waals surface area contributed by atoms with Gasteiger partial charge in [-0.05, 0) is 31.0 Å². The van der Waals surface area contributed by atoms with Gasteiger partial charge in [0.1, 0.15) is 5.75 Å². The van der Waals surface area contributed by atoms with E-state index in [1.807, 2.05) is 6.92 Å². The van der Waals surface area contributed by atoms with Crippen molar-refractivity contribution >= 4 is 17.2 Å². The number of aldehydes is 1. The molecule has 0 aliphatic carbocycles. The van der Waals surface area contributed by atoms with E-state index in [1.165, 1.54) is 0 Å². The van der Waals surface area contributed by atoms with Crippen LogP contribution in [0.4, 0.5) is 0 Å². The maximum Gasteiger partial charge on any atom is 0.154 e. The minimum atomic E-state index is 0.0583. The maximum atomic E-state index is 10.9. The molecule has 0 spiro atoms. The summed E-state index contributed by atoms with van der Waals surface area (Å²) in [6, 6.07) is 3.54. The van der Waals surface area contributed by atoms with Crippen LogP contribution < -0.4 is 0 Å². The number of aromatic hydroxyl groups is 1. The summed E-state index contributed by atoms with van der Waals surface area (Å²) < 4.78 is 0. The Bertz CT molecular complexity index is 547. The first-order valence-electron chi connectivity index (χ1n) is 4.69. The fraction of sp³-hybridized carbons (Fsp3) is 0.167. The van der Waals surface area contributed by atoms with Crippen LogP contribution in [-0.4, -0.2) is 16.4 Å². The molecule has 0 amide bonds. The highest BCUT2D eigenvalue weighted by atomic mass is 16.3. The van der Waals surface area contributed by atoms with Gasteiger partial charge < -0.3 is 5.11 Å². The summed E-state index contributed by atoms with van der Waals surface area (Å²) in [7, 11) is 0. The van der Waals surface area contributed by atoms with Gasteiger partial charge in [0.2, 0.25) is 0 Å². The molecule has 0 fully saturated rings. The Morgan fingerprint density at radius 2 is 2.07 bits per heavy atom. The summed E-state index contributed by atoms with van der Waals surface area (Å²) >= 11 is 0. The van der Waals surface area contributed by atoms with Crippen LogP contribution >= 0.6 is 0 Å². The third-order valence-electron chi connectivity index (χ3n) is 2.74. The van der Waals surface area contributed by atoms with Gasteiger partial charge in [-0.1, -0.05) is 6.07 Å². The number of hydrogen-bond donors (Lipinski definition) is 1. The third kappa shape index (κ3) is 1.28. The summed E-state index contributed by atoms with van der Waals surface area (Å²) in [5, 5.41) is 10.5. The average Bonchev–Trinajstić information content (AvgIpc) is 2.27. The first kappa shape index (κ1) is 9.65. The second kappa shape index (κ2) is 3.35. The molecule has 0 saturated carbocycles. The summed E-state index contributed by atoms with van der Waals surface area (Å²) in [6.07, 6.45) is 2.35. The van der Waals surface area contributed by atoms with Gasteiger partial charge in [-0.25, -0.2) is 0 Å². The highest BCUT2D eigenvalue weighted by Gasteiger charge is 2.13. The molecule has 3 nitrogen and oxygen atoms in total. The van der Waals surface area contributed by atoms with Crippen molar-refractivity contribution in [1.29, 1.82) is 0 Å². The van der Waals surface area contributed by atoms with Crippen molar-refractivity contribution in [3.8, 4) is 5.75 Å². The number of benzene rings is 1. The SMILES string of the molecule is Cc1c(O)c(C=O)c2cccnc2c1C. The number of carbonyl (C=O) groups excluding carboxylic acids is 1. The van der Waals surface area contributed by atoms with Crippen molar-refractivity contribution in [1.82, 2.24) is 4.98 Å². The number of aromatic nitrogens is 1. The number of phenols is 1. The van der Waals surface area contributed by atoms with Gasteiger partial charge in [-0.3, -0.25) is 9.78 Å². The largest absolute Gasteiger partial charge is 0.507 e. The molecule has 1 aromatic heterocycles. The van der Waals surface area contributed by atoms with Crippen LogP contribution in [0.2, 0.25) is 0 Å². The molecule has 2 rings (SSSR count).